The average molecular weight is 250 g/mol. The summed E-state index contributed by atoms with van der Waals surface area (Å²) in [5.74, 6) is 1.51. The van der Waals surface area contributed by atoms with Gasteiger partial charge < -0.3 is 9.84 Å². The van der Waals surface area contributed by atoms with Crippen LogP contribution in [0.25, 0.3) is 0 Å². The highest BCUT2D eigenvalue weighted by Crippen LogP contribution is 2.34. The lowest BCUT2D eigenvalue weighted by Crippen LogP contribution is -2.55. The number of nitrogens with zero attached hydrogens (tertiary/aromatic N) is 3. The van der Waals surface area contributed by atoms with Crippen molar-refractivity contribution in [2.75, 3.05) is 7.05 Å². The first-order valence-corrected chi connectivity index (χ1v) is 6.98. The Labute approximate surface area is 108 Å². The van der Waals surface area contributed by atoms with E-state index in [2.05, 4.69) is 27.4 Å². The first kappa shape index (κ1) is 12.1. The molecule has 18 heavy (non-hydrogen) atoms. The molecule has 2 saturated heterocycles. The Morgan fingerprint density at radius 3 is 2.61 bits per heavy atom. The molecular formula is C13H22N4O. The van der Waals surface area contributed by atoms with Crippen molar-refractivity contribution in [3.05, 3.63) is 11.7 Å². The third kappa shape index (κ3) is 2.29. The molecule has 1 aromatic rings. The maximum atomic E-state index is 5.07. The summed E-state index contributed by atoms with van der Waals surface area (Å²) in [4.78, 5) is 6.94. The highest BCUT2D eigenvalue weighted by Gasteiger charge is 2.38. The highest BCUT2D eigenvalue weighted by molar-refractivity contribution is 4.97. The normalized spacial score (nSPS) is 32.7. The summed E-state index contributed by atoms with van der Waals surface area (Å²) in [7, 11) is 2.08. The topological polar surface area (TPSA) is 54.2 Å². The number of piperidine rings is 2. The molecule has 0 radical (unpaired) electrons. The molecule has 2 unspecified atom stereocenters. The molecule has 5 heteroatoms. The fourth-order valence-electron chi connectivity index (χ4n) is 3.54. The van der Waals surface area contributed by atoms with E-state index in [0.717, 1.165) is 12.4 Å². The predicted molar refractivity (Wildman–Crippen MR) is 68.1 cm³/mol. The number of aryl methyl sites for hydroxylation is 1. The molecule has 2 atom stereocenters. The summed E-state index contributed by atoms with van der Waals surface area (Å²) in [6.45, 7) is 2.70. The summed E-state index contributed by atoms with van der Waals surface area (Å²) in [6, 6.07) is 2.06. The lowest BCUT2D eigenvalue weighted by molar-refractivity contribution is 0.0166. The maximum absolute atomic E-state index is 5.07. The van der Waals surface area contributed by atoms with E-state index in [4.69, 9.17) is 4.52 Å². The average Bonchev–Trinajstić information content (AvgIpc) is 2.74. The van der Waals surface area contributed by atoms with Gasteiger partial charge in [-0.1, -0.05) is 11.6 Å². The molecule has 100 valence electrons. The Kier molecular flexibility index (Phi) is 3.35. The number of hydrogen-bond acceptors (Lipinski definition) is 5. The highest BCUT2D eigenvalue weighted by atomic mass is 16.5. The van der Waals surface area contributed by atoms with Crippen LogP contribution < -0.4 is 5.32 Å². The zero-order chi connectivity index (χ0) is 12.5. The molecule has 2 bridgehead atoms. The lowest BCUT2D eigenvalue weighted by atomic mass is 9.82. The van der Waals surface area contributed by atoms with E-state index in [1.807, 2.05) is 6.92 Å². The Bertz CT molecular complexity index is 391. The molecule has 0 saturated carbocycles. The Morgan fingerprint density at radius 1 is 1.33 bits per heavy atom. The molecule has 2 aliphatic heterocycles. The van der Waals surface area contributed by atoms with Crippen molar-refractivity contribution in [1.82, 2.24) is 20.4 Å². The molecule has 0 amide bonds. The van der Waals surface area contributed by atoms with Gasteiger partial charge in [-0.3, -0.25) is 4.90 Å². The molecule has 2 aliphatic rings. The molecule has 1 aromatic heterocycles. The summed E-state index contributed by atoms with van der Waals surface area (Å²) >= 11 is 0. The second-order valence-electron chi connectivity index (χ2n) is 5.60. The van der Waals surface area contributed by atoms with Crippen molar-refractivity contribution >= 4 is 0 Å². The zero-order valence-electron chi connectivity index (χ0n) is 11.2. The molecule has 1 N–H and O–H groups in total. The standard InChI is InChI=1S/C13H22N4O/c1-9-15-13(16-18-9)8-17-11-4-3-5-12(17)7-10(6-11)14-2/h10-12,14H,3-8H2,1-2H3. The van der Waals surface area contributed by atoms with Crippen molar-refractivity contribution < 1.29 is 4.52 Å². The van der Waals surface area contributed by atoms with E-state index in [0.29, 0.717) is 24.0 Å². The SMILES string of the molecule is CNC1CC2CCCC(C1)N2Cc1noc(C)n1. The van der Waals surface area contributed by atoms with Crippen LogP contribution in [0.5, 0.6) is 0 Å². The van der Waals surface area contributed by atoms with Gasteiger partial charge in [0.15, 0.2) is 5.82 Å². The molecule has 2 fully saturated rings. The van der Waals surface area contributed by atoms with Gasteiger partial charge in [0.2, 0.25) is 5.89 Å². The molecule has 3 heterocycles. The molecule has 0 aromatic carbocycles. The van der Waals surface area contributed by atoms with Crippen molar-refractivity contribution in [1.29, 1.82) is 0 Å². The quantitative estimate of drug-likeness (QED) is 0.880. The van der Waals surface area contributed by atoms with Crippen LogP contribution in [0.1, 0.15) is 43.8 Å². The number of nitrogens with one attached hydrogen (secondary N) is 1. The largest absolute Gasteiger partial charge is 0.340 e. The fourth-order valence-corrected chi connectivity index (χ4v) is 3.54. The third-order valence-corrected chi connectivity index (χ3v) is 4.43. The van der Waals surface area contributed by atoms with Gasteiger partial charge >= 0.3 is 0 Å². The van der Waals surface area contributed by atoms with Crippen LogP contribution in [-0.2, 0) is 6.54 Å². The maximum Gasteiger partial charge on any atom is 0.223 e. The van der Waals surface area contributed by atoms with Crippen LogP contribution in [0.4, 0.5) is 0 Å². The zero-order valence-corrected chi connectivity index (χ0v) is 11.2. The van der Waals surface area contributed by atoms with Crippen LogP contribution in [-0.4, -0.2) is 40.2 Å². The van der Waals surface area contributed by atoms with Gasteiger partial charge in [-0.25, -0.2) is 0 Å². The molecule has 5 nitrogen and oxygen atoms in total. The minimum absolute atomic E-state index is 0.667. The van der Waals surface area contributed by atoms with Crippen LogP contribution in [0.2, 0.25) is 0 Å². The van der Waals surface area contributed by atoms with Crippen LogP contribution >= 0.6 is 0 Å². The van der Waals surface area contributed by atoms with Crippen LogP contribution in [0.15, 0.2) is 4.52 Å². The van der Waals surface area contributed by atoms with E-state index in [1.54, 1.807) is 0 Å². The first-order chi connectivity index (χ1) is 8.76. The Hall–Kier alpha value is -0.940. The fraction of sp³-hybridized carbons (Fsp3) is 0.846. The predicted octanol–water partition coefficient (Wildman–Crippen LogP) is 1.48. The van der Waals surface area contributed by atoms with Gasteiger partial charge in [0.05, 0.1) is 6.54 Å². The van der Waals surface area contributed by atoms with E-state index >= 15 is 0 Å². The smallest absolute Gasteiger partial charge is 0.223 e. The molecule has 0 aliphatic carbocycles. The molecule has 3 rings (SSSR count). The van der Waals surface area contributed by atoms with E-state index in [-0.39, 0.29) is 0 Å². The van der Waals surface area contributed by atoms with Crippen LogP contribution in [0.3, 0.4) is 0 Å². The number of rotatable bonds is 3. The van der Waals surface area contributed by atoms with Gasteiger partial charge in [0, 0.05) is 25.0 Å². The van der Waals surface area contributed by atoms with Crippen molar-refractivity contribution in [3.63, 3.8) is 0 Å². The van der Waals surface area contributed by atoms with Crippen molar-refractivity contribution in [3.8, 4) is 0 Å². The van der Waals surface area contributed by atoms with Gasteiger partial charge in [0.25, 0.3) is 0 Å². The van der Waals surface area contributed by atoms with Crippen molar-refractivity contribution in [2.24, 2.45) is 0 Å². The first-order valence-electron chi connectivity index (χ1n) is 6.98. The van der Waals surface area contributed by atoms with Crippen molar-refractivity contribution in [2.45, 2.75) is 63.7 Å². The summed E-state index contributed by atoms with van der Waals surface area (Å²) < 4.78 is 5.07. The summed E-state index contributed by atoms with van der Waals surface area (Å²) in [6.07, 6.45) is 6.50. The second kappa shape index (κ2) is 4.97. The number of hydrogen-bond donors (Lipinski definition) is 1. The Morgan fingerprint density at radius 2 is 2.06 bits per heavy atom. The minimum Gasteiger partial charge on any atom is -0.340 e. The van der Waals surface area contributed by atoms with E-state index in [9.17, 15) is 0 Å². The lowest BCUT2D eigenvalue weighted by Gasteiger charge is -2.48. The monoisotopic (exact) mass is 250 g/mol. The van der Waals surface area contributed by atoms with Gasteiger partial charge in [-0.2, -0.15) is 4.98 Å². The third-order valence-electron chi connectivity index (χ3n) is 4.43. The molecular weight excluding hydrogens is 228 g/mol. The second-order valence-corrected chi connectivity index (χ2v) is 5.60. The van der Waals surface area contributed by atoms with E-state index < -0.39 is 0 Å². The number of fused-ring (bicyclic) bond motifs is 2. The number of aromatic nitrogens is 2. The Balaban J connectivity index is 1.71. The molecule has 0 spiro atoms. The van der Waals surface area contributed by atoms with Crippen LogP contribution in [0, 0.1) is 6.92 Å². The summed E-state index contributed by atoms with van der Waals surface area (Å²) in [5, 5.41) is 7.48. The van der Waals surface area contributed by atoms with Gasteiger partial charge in [-0.05, 0) is 32.7 Å². The van der Waals surface area contributed by atoms with E-state index in [1.165, 1.54) is 32.1 Å². The summed E-state index contributed by atoms with van der Waals surface area (Å²) in [5.41, 5.74) is 0. The van der Waals surface area contributed by atoms with Gasteiger partial charge in [0.1, 0.15) is 0 Å². The minimum atomic E-state index is 0.667. The van der Waals surface area contributed by atoms with Gasteiger partial charge in [-0.15, -0.1) is 0 Å².